The van der Waals surface area contributed by atoms with Gasteiger partial charge < -0.3 is 9.80 Å². The van der Waals surface area contributed by atoms with Crippen molar-refractivity contribution in [1.29, 1.82) is 0 Å². The van der Waals surface area contributed by atoms with Gasteiger partial charge in [0.05, 0.1) is 29.1 Å². The molecule has 4 rings (SSSR count). The lowest BCUT2D eigenvalue weighted by Crippen LogP contribution is -2.52. The van der Waals surface area contributed by atoms with Crippen LogP contribution in [0.25, 0.3) is 0 Å². The van der Waals surface area contributed by atoms with Crippen molar-refractivity contribution in [1.82, 2.24) is 24.8 Å². The molecule has 1 spiro atoms. The second-order valence-electron chi connectivity index (χ2n) is 7.94. The fraction of sp³-hybridized carbons (Fsp3) is 0.550. The van der Waals surface area contributed by atoms with E-state index in [4.69, 9.17) is 0 Å². The number of piperidine rings is 2. The topological polar surface area (TPSA) is 79.3 Å². The standard InChI is InChI=1S/C20H25N5O2S/c1-14-9-22-16(10-21-14)11-25-13-20(4-3-18(25)26)5-7-24(8-6-20)19(27)17-12-28-15(2)23-17/h9-10,12H,3-8,11,13H2,1-2H3. The average Bonchev–Trinajstić information content (AvgIpc) is 3.13. The van der Waals surface area contributed by atoms with E-state index < -0.39 is 0 Å². The molecule has 2 aliphatic rings. The molecule has 7 nitrogen and oxygen atoms in total. The number of aromatic nitrogens is 3. The Labute approximate surface area is 168 Å². The summed E-state index contributed by atoms with van der Waals surface area (Å²) in [5.41, 5.74) is 2.35. The number of rotatable bonds is 3. The summed E-state index contributed by atoms with van der Waals surface area (Å²) in [6.45, 7) is 6.51. The molecule has 148 valence electrons. The zero-order chi connectivity index (χ0) is 19.7. The van der Waals surface area contributed by atoms with E-state index in [2.05, 4.69) is 15.0 Å². The average molecular weight is 400 g/mol. The molecule has 2 aliphatic heterocycles. The number of carbonyl (C=O) groups excluding carboxylic acids is 2. The summed E-state index contributed by atoms with van der Waals surface area (Å²) in [5.74, 6) is 0.210. The lowest BCUT2D eigenvalue weighted by Gasteiger charge is -2.47. The van der Waals surface area contributed by atoms with Gasteiger partial charge in [0.1, 0.15) is 5.69 Å². The Balaban J connectivity index is 1.39. The van der Waals surface area contributed by atoms with Crippen molar-refractivity contribution in [3.63, 3.8) is 0 Å². The molecular formula is C20H25N5O2S. The molecule has 2 aromatic heterocycles. The third kappa shape index (κ3) is 3.92. The Kier molecular flexibility index (Phi) is 5.14. The molecule has 0 saturated carbocycles. The van der Waals surface area contributed by atoms with E-state index in [1.165, 1.54) is 11.3 Å². The maximum absolute atomic E-state index is 12.7. The first kappa shape index (κ1) is 19.0. The molecule has 0 radical (unpaired) electrons. The van der Waals surface area contributed by atoms with Crippen LogP contribution in [0.15, 0.2) is 17.8 Å². The quantitative estimate of drug-likeness (QED) is 0.793. The first-order valence-electron chi connectivity index (χ1n) is 9.71. The molecule has 8 heteroatoms. The van der Waals surface area contributed by atoms with Gasteiger partial charge in [0.2, 0.25) is 5.91 Å². The molecule has 4 heterocycles. The van der Waals surface area contributed by atoms with Crippen molar-refractivity contribution in [2.75, 3.05) is 19.6 Å². The maximum Gasteiger partial charge on any atom is 0.273 e. The van der Waals surface area contributed by atoms with Crippen LogP contribution in [0.4, 0.5) is 0 Å². The minimum atomic E-state index is 0.0258. The number of nitrogens with zero attached hydrogens (tertiary/aromatic N) is 5. The minimum Gasteiger partial charge on any atom is -0.337 e. The van der Waals surface area contributed by atoms with Crippen molar-refractivity contribution in [2.24, 2.45) is 5.41 Å². The van der Waals surface area contributed by atoms with Gasteiger partial charge in [0.15, 0.2) is 0 Å². The van der Waals surface area contributed by atoms with Crippen molar-refractivity contribution in [2.45, 2.75) is 46.1 Å². The van der Waals surface area contributed by atoms with E-state index in [9.17, 15) is 9.59 Å². The summed E-state index contributed by atoms with van der Waals surface area (Å²) < 4.78 is 0. The molecule has 0 aromatic carbocycles. The molecule has 2 saturated heterocycles. The summed E-state index contributed by atoms with van der Waals surface area (Å²) >= 11 is 1.51. The Morgan fingerprint density at radius 3 is 2.61 bits per heavy atom. The van der Waals surface area contributed by atoms with Crippen molar-refractivity contribution in [3.8, 4) is 0 Å². The van der Waals surface area contributed by atoms with Crippen LogP contribution >= 0.6 is 11.3 Å². The zero-order valence-corrected chi connectivity index (χ0v) is 17.2. The van der Waals surface area contributed by atoms with Crippen molar-refractivity contribution >= 4 is 23.2 Å². The van der Waals surface area contributed by atoms with Crippen LogP contribution in [0.1, 0.15) is 52.6 Å². The van der Waals surface area contributed by atoms with Crippen LogP contribution in [0.3, 0.4) is 0 Å². The molecular weight excluding hydrogens is 374 g/mol. The predicted octanol–water partition coefficient (Wildman–Crippen LogP) is 2.59. The number of aryl methyl sites for hydroxylation is 2. The SMILES string of the molecule is Cc1cnc(CN2CC3(CCC2=O)CCN(C(=O)c2csc(C)n2)CC3)cn1. The van der Waals surface area contributed by atoms with Gasteiger partial charge in [-0.1, -0.05) is 0 Å². The van der Waals surface area contributed by atoms with E-state index in [1.54, 1.807) is 12.4 Å². The third-order valence-corrected chi connectivity index (χ3v) is 6.66. The first-order chi connectivity index (χ1) is 13.4. The third-order valence-electron chi connectivity index (χ3n) is 5.88. The molecule has 2 amide bonds. The van der Waals surface area contributed by atoms with E-state index in [0.29, 0.717) is 18.7 Å². The van der Waals surface area contributed by atoms with E-state index in [-0.39, 0.29) is 17.2 Å². The summed E-state index contributed by atoms with van der Waals surface area (Å²) in [6, 6.07) is 0. The van der Waals surface area contributed by atoms with Gasteiger partial charge in [-0.3, -0.25) is 19.6 Å². The number of thiazole rings is 1. The fourth-order valence-electron chi connectivity index (χ4n) is 4.16. The summed E-state index contributed by atoms with van der Waals surface area (Å²) in [4.78, 5) is 42.0. The number of carbonyl (C=O) groups is 2. The number of amides is 2. The Morgan fingerprint density at radius 2 is 1.96 bits per heavy atom. The minimum absolute atomic E-state index is 0.0258. The molecule has 2 fully saturated rings. The van der Waals surface area contributed by atoms with Gasteiger partial charge in [0, 0.05) is 37.6 Å². The van der Waals surface area contributed by atoms with Crippen LogP contribution < -0.4 is 0 Å². The molecule has 0 aliphatic carbocycles. The van der Waals surface area contributed by atoms with Gasteiger partial charge in [-0.25, -0.2) is 4.98 Å². The lowest BCUT2D eigenvalue weighted by atomic mass is 9.72. The first-order valence-corrected chi connectivity index (χ1v) is 10.6. The molecule has 0 unspecified atom stereocenters. The highest BCUT2D eigenvalue weighted by atomic mass is 32.1. The number of hydrogen-bond donors (Lipinski definition) is 0. The van der Waals surface area contributed by atoms with Gasteiger partial charge in [-0.05, 0) is 38.5 Å². The molecule has 0 atom stereocenters. The van der Waals surface area contributed by atoms with Crippen molar-refractivity contribution in [3.05, 3.63) is 39.9 Å². The maximum atomic E-state index is 12.7. The van der Waals surface area contributed by atoms with Crippen LogP contribution in [0.2, 0.25) is 0 Å². The number of hydrogen-bond acceptors (Lipinski definition) is 6. The van der Waals surface area contributed by atoms with Gasteiger partial charge in [0.25, 0.3) is 5.91 Å². The monoisotopic (exact) mass is 399 g/mol. The molecule has 0 N–H and O–H groups in total. The summed E-state index contributed by atoms with van der Waals surface area (Å²) in [6.07, 6.45) is 6.81. The molecule has 2 aromatic rings. The van der Waals surface area contributed by atoms with Gasteiger partial charge in [-0.15, -0.1) is 11.3 Å². The Morgan fingerprint density at radius 1 is 1.18 bits per heavy atom. The Hall–Kier alpha value is -2.35. The zero-order valence-electron chi connectivity index (χ0n) is 16.3. The number of likely N-dealkylation sites (tertiary alicyclic amines) is 2. The van der Waals surface area contributed by atoms with Gasteiger partial charge in [-0.2, -0.15) is 0 Å². The highest BCUT2D eigenvalue weighted by molar-refractivity contribution is 7.09. The van der Waals surface area contributed by atoms with E-state index in [1.807, 2.05) is 29.0 Å². The summed E-state index contributed by atoms with van der Waals surface area (Å²) in [7, 11) is 0. The summed E-state index contributed by atoms with van der Waals surface area (Å²) in [5, 5.41) is 2.75. The highest BCUT2D eigenvalue weighted by Gasteiger charge is 2.42. The highest BCUT2D eigenvalue weighted by Crippen LogP contribution is 2.40. The second-order valence-corrected chi connectivity index (χ2v) is 9.01. The predicted molar refractivity (Wildman–Crippen MR) is 106 cm³/mol. The lowest BCUT2D eigenvalue weighted by molar-refractivity contribution is -0.139. The smallest absolute Gasteiger partial charge is 0.273 e. The van der Waals surface area contributed by atoms with Crippen LogP contribution in [0.5, 0.6) is 0 Å². The largest absolute Gasteiger partial charge is 0.337 e. The van der Waals surface area contributed by atoms with E-state index in [0.717, 1.165) is 55.3 Å². The second kappa shape index (κ2) is 7.58. The van der Waals surface area contributed by atoms with Crippen LogP contribution in [0, 0.1) is 19.3 Å². The van der Waals surface area contributed by atoms with Crippen LogP contribution in [-0.4, -0.2) is 56.2 Å². The van der Waals surface area contributed by atoms with E-state index >= 15 is 0 Å². The Bertz CT molecular complexity index is 871. The van der Waals surface area contributed by atoms with Crippen molar-refractivity contribution < 1.29 is 9.59 Å². The fourth-order valence-corrected chi connectivity index (χ4v) is 4.75. The van der Waals surface area contributed by atoms with Crippen LogP contribution in [-0.2, 0) is 11.3 Å². The van der Waals surface area contributed by atoms with Gasteiger partial charge >= 0.3 is 0 Å². The molecule has 0 bridgehead atoms. The molecule has 28 heavy (non-hydrogen) atoms. The normalized spacial score (nSPS) is 19.3.